The van der Waals surface area contributed by atoms with Crippen LogP contribution in [0.4, 0.5) is 0 Å². The largest absolute Gasteiger partial charge is 0.496 e. The third-order valence-corrected chi connectivity index (χ3v) is 6.78. The number of ether oxygens (including phenoxy) is 1. The molecule has 2 saturated carbocycles. The van der Waals surface area contributed by atoms with Gasteiger partial charge in [0, 0.05) is 18.5 Å². The molecule has 1 aromatic carbocycles. The van der Waals surface area contributed by atoms with Crippen molar-refractivity contribution in [2.24, 2.45) is 11.3 Å². The molecule has 0 aromatic heterocycles. The predicted octanol–water partition coefficient (Wildman–Crippen LogP) is 3.01. The first-order chi connectivity index (χ1) is 12.2. The molecule has 1 spiro atoms. The monoisotopic (exact) mass is 342 g/mol. The van der Waals surface area contributed by atoms with Crippen LogP contribution in [0.15, 0.2) is 24.3 Å². The van der Waals surface area contributed by atoms with Gasteiger partial charge in [0.05, 0.1) is 7.11 Å². The van der Waals surface area contributed by atoms with Crippen LogP contribution < -0.4 is 10.1 Å². The van der Waals surface area contributed by atoms with Crippen LogP contribution in [0.25, 0.3) is 0 Å². The van der Waals surface area contributed by atoms with Crippen molar-refractivity contribution in [2.75, 3.05) is 26.7 Å². The molecule has 0 bridgehead atoms. The molecule has 1 aromatic rings. The normalized spacial score (nSPS) is 25.4. The summed E-state index contributed by atoms with van der Waals surface area (Å²) >= 11 is 0. The van der Waals surface area contributed by atoms with E-state index in [9.17, 15) is 4.79 Å². The summed E-state index contributed by atoms with van der Waals surface area (Å²) in [5.41, 5.74) is 1.49. The van der Waals surface area contributed by atoms with Crippen LogP contribution in [-0.4, -0.2) is 43.6 Å². The zero-order valence-corrected chi connectivity index (χ0v) is 15.3. The van der Waals surface area contributed by atoms with Gasteiger partial charge < -0.3 is 15.0 Å². The van der Waals surface area contributed by atoms with Crippen LogP contribution >= 0.6 is 0 Å². The van der Waals surface area contributed by atoms with Crippen molar-refractivity contribution in [2.45, 2.75) is 51.0 Å². The standard InChI is InChI=1S/C21H30N2O2/c1-25-19-8-3-2-5-16(19)9-12-22-20(24)18-15-21(18)10-13-23(14-11-21)17-6-4-7-17/h2-3,5,8,17-18H,4,6-7,9-15H2,1H3,(H,22,24). The van der Waals surface area contributed by atoms with Crippen molar-refractivity contribution in [1.82, 2.24) is 10.2 Å². The lowest BCUT2D eigenvalue weighted by Crippen LogP contribution is -2.46. The quantitative estimate of drug-likeness (QED) is 0.864. The number of likely N-dealkylation sites (tertiary alicyclic amines) is 1. The summed E-state index contributed by atoms with van der Waals surface area (Å²) < 4.78 is 5.38. The summed E-state index contributed by atoms with van der Waals surface area (Å²) in [6.07, 6.45) is 8.54. The third-order valence-electron chi connectivity index (χ3n) is 6.78. The van der Waals surface area contributed by atoms with Crippen molar-refractivity contribution < 1.29 is 9.53 Å². The highest BCUT2D eigenvalue weighted by Crippen LogP contribution is 2.59. The predicted molar refractivity (Wildman–Crippen MR) is 98.7 cm³/mol. The molecule has 25 heavy (non-hydrogen) atoms. The Morgan fingerprint density at radius 3 is 2.72 bits per heavy atom. The minimum atomic E-state index is 0.258. The molecular weight excluding hydrogens is 312 g/mol. The first kappa shape index (κ1) is 16.9. The van der Waals surface area contributed by atoms with Crippen LogP contribution in [0.1, 0.15) is 44.1 Å². The maximum absolute atomic E-state index is 12.6. The summed E-state index contributed by atoms with van der Waals surface area (Å²) in [5, 5.41) is 3.16. The lowest BCUT2D eigenvalue weighted by molar-refractivity contribution is -0.123. The summed E-state index contributed by atoms with van der Waals surface area (Å²) in [6, 6.07) is 8.89. The Labute approximate surface area is 150 Å². The number of nitrogens with one attached hydrogen (secondary N) is 1. The molecule has 4 heteroatoms. The van der Waals surface area contributed by atoms with Gasteiger partial charge in [0.2, 0.25) is 5.91 Å². The van der Waals surface area contributed by atoms with E-state index in [4.69, 9.17) is 4.74 Å². The number of benzene rings is 1. The lowest BCUT2D eigenvalue weighted by Gasteiger charge is -2.42. The van der Waals surface area contributed by atoms with Crippen molar-refractivity contribution >= 4 is 5.91 Å². The zero-order valence-electron chi connectivity index (χ0n) is 15.3. The second-order valence-corrected chi connectivity index (χ2v) is 8.09. The van der Waals surface area contributed by atoms with Crippen molar-refractivity contribution in [3.05, 3.63) is 29.8 Å². The Hall–Kier alpha value is -1.55. The number of carbonyl (C=O) groups is 1. The van der Waals surface area contributed by atoms with Gasteiger partial charge in [-0.25, -0.2) is 0 Å². The van der Waals surface area contributed by atoms with Crippen molar-refractivity contribution in [1.29, 1.82) is 0 Å². The number of methoxy groups -OCH3 is 1. The minimum absolute atomic E-state index is 0.258. The van der Waals surface area contributed by atoms with E-state index in [2.05, 4.69) is 16.3 Å². The van der Waals surface area contributed by atoms with E-state index in [0.29, 0.717) is 12.0 Å². The Morgan fingerprint density at radius 1 is 1.28 bits per heavy atom. The molecular formula is C21H30N2O2. The van der Waals surface area contributed by atoms with Gasteiger partial charge in [-0.2, -0.15) is 0 Å². The number of hydrogen-bond donors (Lipinski definition) is 1. The van der Waals surface area contributed by atoms with Crippen LogP contribution in [-0.2, 0) is 11.2 Å². The molecule has 1 aliphatic heterocycles. The van der Waals surface area contributed by atoms with Gasteiger partial charge in [0.15, 0.2) is 0 Å². The summed E-state index contributed by atoms with van der Waals surface area (Å²) in [4.78, 5) is 15.2. The van der Waals surface area contributed by atoms with E-state index in [1.807, 2.05) is 18.2 Å². The van der Waals surface area contributed by atoms with Crippen LogP contribution in [0.2, 0.25) is 0 Å². The number of nitrogens with zero attached hydrogens (tertiary/aromatic N) is 1. The van der Waals surface area contributed by atoms with Gasteiger partial charge >= 0.3 is 0 Å². The van der Waals surface area contributed by atoms with E-state index in [1.54, 1.807) is 7.11 Å². The number of amides is 1. The van der Waals surface area contributed by atoms with E-state index in [0.717, 1.165) is 30.2 Å². The average Bonchev–Trinajstić information content (AvgIpc) is 3.29. The van der Waals surface area contributed by atoms with Gasteiger partial charge in [-0.15, -0.1) is 0 Å². The fourth-order valence-corrected chi connectivity index (χ4v) is 4.71. The first-order valence-corrected chi connectivity index (χ1v) is 9.85. The average molecular weight is 342 g/mol. The van der Waals surface area contributed by atoms with Gasteiger partial charge in [-0.3, -0.25) is 4.79 Å². The van der Waals surface area contributed by atoms with Crippen molar-refractivity contribution in [3.63, 3.8) is 0 Å². The zero-order chi connectivity index (χ0) is 17.3. The molecule has 3 fully saturated rings. The molecule has 0 radical (unpaired) electrons. The molecule has 3 aliphatic rings. The fraction of sp³-hybridized carbons (Fsp3) is 0.667. The number of carbonyl (C=O) groups excluding carboxylic acids is 1. The van der Waals surface area contributed by atoms with Gasteiger partial charge in [-0.05, 0) is 68.7 Å². The molecule has 1 unspecified atom stereocenters. The van der Waals surface area contributed by atoms with E-state index >= 15 is 0 Å². The Kier molecular flexibility index (Phi) is 4.72. The summed E-state index contributed by atoms with van der Waals surface area (Å²) in [6.45, 7) is 3.10. The summed E-state index contributed by atoms with van der Waals surface area (Å²) in [5.74, 6) is 1.43. The molecule has 136 valence electrons. The third kappa shape index (κ3) is 3.41. The van der Waals surface area contributed by atoms with Crippen molar-refractivity contribution in [3.8, 4) is 5.75 Å². The van der Waals surface area contributed by atoms with Crippen LogP contribution in [0, 0.1) is 11.3 Å². The maximum Gasteiger partial charge on any atom is 0.223 e. The van der Waals surface area contributed by atoms with Crippen LogP contribution in [0.3, 0.4) is 0 Å². The van der Waals surface area contributed by atoms with E-state index < -0.39 is 0 Å². The Balaban J connectivity index is 1.22. The molecule has 1 atom stereocenters. The number of rotatable bonds is 6. The highest BCUT2D eigenvalue weighted by atomic mass is 16.5. The van der Waals surface area contributed by atoms with E-state index in [1.165, 1.54) is 45.2 Å². The number of para-hydroxylation sites is 1. The molecule has 1 saturated heterocycles. The second kappa shape index (κ2) is 6.99. The minimum Gasteiger partial charge on any atom is -0.496 e. The maximum atomic E-state index is 12.6. The Morgan fingerprint density at radius 2 is 2.04 bits per heavy atom. The van der Waals surface area contributed by atoms with Gasteiger partial charge in [-0.1, -0.05) is 24.6 Å². The molecule has 4 nitrogen and oxygen atoms in total. The highest BCUT2D eigenvalue weighted by molar-refractivity contribution is 5.82. The molecule has 4 rings (SSSR count). The highest BCUT2D eigenvalue weighted by Gasteiger charge is 2.58. The molecule has 2 aliphatic carbocycles. The number of piperidine rings is 1. The Bertz CT molecular complexity index is 618. The SMILES string of the molecule is COc1ccccc1CCNC(=O)C1CC12CCN(C1CCC1)CC2. The second-order valence-electron chi connectivity index (χ2n) is 8.09. The number of hydrogen-bond acceptors (Lipinski definition) is 3. The smallest absolute Gasteiger partial charge is 0.223 e. The van der Waals surface area contributed by atoms with Gasteiger partial charge in [0.25, 0.3) is 0 Å². The van der Waals surface area contributed by atoms with Gasteiger partial charge in [0.1, 0.15) is 5.75 Å². The topological polar surface area (TPSA) is 41.6 Å². The fourth-order valence-electron chi connectivity index (χ4n) is 4.71. The molecule has 1 heterocycles. The van der Waals surface area contributed by atoms with Crippen LogP contribution in [0.5, 0.6) is 5.75 Å². The summed E-state index contributed by atoms with van der Waals surface area (Å²) in [7, 11) is 1.70. The first-order valence-electron chi connectivity index (χ1n) is 9.85. The lowest BCUT2D eigenvalue weighted by atomic mass is 9.85. The molecule has 1 amide bonds. The van der Waals surface area contributed by atoms with E-state index in [-0.39, 0.29) is 11.8 Å². The molecule has 1 N–H and O–H groups in total.